The van der Waals surface area contributed by atoms with E-state index in [0.717, 1.165) is 0 Å². The quantitative estimate of drug-likeness (QED) is 0.803. The second kappa shape index (κ2) is 4.52. The van der Waals surface area contributed by atoms with Gasteiger partial charge >= 0.3 is 5.97 Å². The van der Waals surface area contributed by atoms with Crippen LogP contribution in [0.5, 0.6) is 0 Å². The lowest BCUT2D eigenvalue weighted by atomic mass is 10.1. The Morgan fingerprint density at radius 3 is 2.41 bits per heavy atom. The van der Waals surface area contributed by atoms with Gasteiger partial charge < -0.3 is 5.11 Å². The average molecular weight is 228 g/mol. The van der Waals surface area contributed by atoms with E-state index in [1.807, 2.05) is 0 Å². The van der Waals surface area contributed by atoms with Crippen molar-refractivity contribution in [1.82, 2.24) is 9.97 Å². The standard InChI is InChI=1S/C12H8N2O3/c15-11(9-5-1-2-6-13-9)10-8(12(16)17)4-3-7-14-10/h1-7H,(H,16,17). The number of hydrogen-bond donors (Lipinski definition) is 1. The molecule has 5 heteroatoms. The van der Waals surface area contributed by atoms with Gasteiger partial charge in [0.1, 0.15) is 11.4 Å². The van der Waals surface area contributed by atoms with E-state index in [-0.39, 0.29) is 17.0 Å². The van der Waals surface area contributed by atoms with Crippen LogP contribution in [0.15, 0.2) is 42.7 Å². The molecule has 1 N–H and O–H groups in total. The van der Waals surface area contributed by atoms with Gasteiger partial charge in [-0.3, -0.25) is 14.8 Å². The Labute approximate surface area is 96.8 Å². The van der Waals surface area contributed by atoms with Gasteiger partial charge in [-0.25, -0.2) is 4.79 Å². The van der Waals surface area contributed by atoms with E-state index in [1.54, 1.807) is 12.1 Å². The predicted octanol–water partition coefficient (Wildman–Crippen LogP) is 1.41. The molecule has 2 aromatic rings. The number of aromatic nitrogens is 2. The smallest absolute Gasteiger partial charge is 0.338 e. The van der Waals surface area contributed by atoms with E-state index in [1.165, 1.54) is 30.6 Å². The van der Waals surface area contributed by atoms with Gasteiger partial charge in [0.05, 0.1) is 5.56 Å². The summed E-state index contributed by atoms with van der Waals surface area (Å²) in [6, 6.07) is 7.66. The number of rotatable bonds is 3. The Bertz CT molecular complexity index is 567. The van der Waals surface area contributed by atoms with Gasteiger partial charge in [-0.15, -0.1) is 0 Å². The molecule has 0 bridgehead atoms. The van der Waals surface area contributed by atoms with E-state index < -0.39 is 11.8 Å². The first-order valence-corrected chi connectivity index (χ1v) is 4.84. The number of carbonyl (C=O) groups is 2. The molecule has 0 fully saturated rings. The van der Waals surface area contributed by atoms with Crippen molar-refractivity contribution in [2.45, 2.75) is 0 Å². The zero-order chi connectivity index (χ0) is 12.3. The summed E-state index contributed by atoms with van der Waals surface area (Å²) in [5, 5.41) is 8.95. The fourth-order valence-corrected chi connectivity index (χ4v) is 1.38. The van der Waals surface area contributed by atoms with E-state index in [4.69, 9.17) is 5.11 Å². The third-order valence-electron chi connectivity index (χ3n) is 2.15. The van der Waals surface area contributed by atoms with Gasteiger partial charge in [0.2, 0.25) is 5.78 Å². The molecule has 2 rings (SSSR count). The molecular weight excluding hydrogens is 220 g/mol. The molecule has 17 heavy (non-hydrogen) atoms. The molecule has 0 aliphatic heterocycles. The molecule has 2 aromatic heterocycles. The summed E-state index contributed by atoms with van der Waals surface area (Å²) in [7, 11) is 0. The number of pyridine rings is 2. The Hall–Kier alpha value is -2.56. The fourth-order valence-electron chi connectivity index (χ4n) is 1.38. The lowest BCUT2D eigenvalue weighted by Crippen LogP contribution is -2.12. The number of nitrogens with zero attached hydrogens (tertiary/aromatic N) is 2. The van der Waals surface area contributed by atoms with Crippen LogP contribution in [-0.2, 0) is 0 Å². The zero-order valence-electron chi connectivity index (χ0n) is 8.70. The zero-order valence-corrected chi connectivity index (χ0v) is 8.70. The van der Waals surface area contributed by atoms with E-state index >= 15 is 0 Å². The Morgan fingerprint density at radius 2 is 1.76 bits per heavy atom. The van der Waals surface area contributed by atoms with Gasteiger partial charge in [-0.2, -0.15) is 0 Å². The third kappa shape index (κ3) is 2.17. The fraction of sp³-hybridized carbons (Fsp3) is 0. The molecule has 0 aliphatic rings. The van der Waals surface area contributed by atoms with Crippen LogP contribution in [0.25, 0.3) is 0 Å². The van der Waals surface area contributed by atoms with E-state index in [2.05, 4.69) is 9.97 Å². The number of aromatic carboxylic acids is 1. The molecule has 0 aromatic carbocycles. The lowest BCUT2D eigenvalue weighted by Gasteiger charge is -2.02. The first-order valence-electron chi connectivity index (χ1n) is 4.84. The van der Waals surface area contributed by atoms with Crippen molar-refractivity contribution < 1.29 is 14.7 Å². The highest BCUT2D eigenvalue weighted by Crippen LogP contribution is 2.10. The number of carbonyl (C=O) groups excluding carboxylic acids is 1. The average Bonchev–Trinajstić information content (AvgIpc) is 2.39. The van der Waals surface area contributed by atoms with Crippen molar-refractivity contribution in [3.63, 3.8) is 0 Å². The van der Waals surface area contributed by atoms with Gasteiger partial charge in [0.15, 0.2) is 0 Å². The van der Waals surface area contributed by atoms with Crippen LogP contribution < -0.4 is 0 Å². The predicted molar refractivity (Wildman–Crippen MR) is 58.9 cm³/mol. The summed E-state index contributed by atoms with van der Waals surface area (Å²) < 4.78 is 0. The lowest BCUT2D eigenvalue weighted by molar-refractivity contribution is 0.0692. The molecular formula is C12H8N2O3. The second-order valence-electron chi connectivity index (χ2n) is 3.25. The summed E-state index contributed by atoms with van der Waals surface area (Å²) in [5.74, 6) is -1.68. The monoisotopic (exact) mass is 228 g/mol. The number of carboxylic acid groups (broad SMARTS) is 1. The van der Waals surface area contributed by atoms with Crippen LogP contribution in [0.2, 0.25) is 0 Å². The van der Waals surface area contributed by atoms with Crippen LogP contribution in [0.3, 0.4) is 0 Å². The summed E-state index contributed by atoms with van der Waals surface area (Å²) in [4.78, 5) is 30.6. The minimum absolute atomic E-state index is 0.0984. The van der Waals surface area contributed by atoms with Gasteiger partial charge in [-0.1, -0.05) is 6.07 Å². The van der Waals surface area contributed by atoms with Gasteiger partial charge in [-0.05, 0) is 24.3 Å². The SMILES string of the molecule is O=C(O)c1cccnc1C(=O)c1ccccn1. The van der Waals surface area contributed by atoms with Crippen molar-refractivity contribution in [3.8, 4) is 0 Å². The highest BCUT2D eigenvalue weighted by molar-refractivity contribution is 6.11. The summed E-state index contributed by atoms with van der Waals surface area (Å²) >= 11 is 0. The van der Waals surface area contributed by atoms with Crippen molar-refractivity contribution in [2.24, 2.45) is 0 Å². The van der Waals surface area contributed by atoms with Crippen LogP contribution >= 0.6 is 0 Å². The molecule has 0 saturated carbocycles. The maximum Gasteiger partial charge on any atom is 0.338 e. The topological polar surface area (TPSA) is 80.1 Å². The van der Waals surface area contributed by atoms with Gasteiger partial charge in [0.25, 0.3) is 0 Å². The van der Waals surface area contributed by atoms with Crippen LogP contribution in [-0.4, -0.2) is 26.8 Å². The van der Waals surface area contributed by atoms with Gasteiger partial charge in [0, 0.05) is 12.4 Å². The molecule has 0 aliphatic carbocycles. The molecule has 0 saturated heterocycles. The minimum atomic E-state index is -1.18. The Kier molecular flexibility index (Phi) is 2.91. The van der Waals surface area contributed by atoms with Crippen LogP contribution in [0, 0.1) is 0 Å². The highest BCUT2D eigenvalue weighted by atomic mass is 16.4. The van der Waals surface area contributed by atoms with Crippen molar-refractivity contribution in [2.75, 3.05) is 0 Å². The maximum absolute atomic E-state index is 12.0. The molecule has 0 radical (unpaired) electrons. The molecule has 2 heterocycles. The normalized spacial score (nSPS) is 9.88. The summed E-state index contributed by atoms with van der Waals surface area (Å²) in [5.41, 5.74) is -0.0458. The maximum atomic E-state index is 12.0. The summed E-state index contributed by atoms with van der Waals surface area (Å²) in [6.45, 7) is 0. The first kappa shape index (κ1) is 10.9. The molecule has 0 spiro atoms. The Morgan fingerprint density at radius 1 is 1.00 bits per heavy atom. The van der Waals surface area contributed by atoms with E-state index in [9.17, 15) is 9.59 Å². The molecule has 5 nitrogen and oxygen atoms in total. The van der Waals surface area contributed by atoms with Crippen LogP contribution in [0.4, 0.5) is 0 Å². The van der Waals surface area contributed by atoms with Crippen molar-refractivity contribution in [3.05, 3.63) is 59.7 Å². The molecule has 84 valence electrons. The van der Waals surface area contributed by atoms with Crippen molar-refractivity contribution >= 4 is 11.8 Å². The number of carboxylic acids is 1. The second-order valence-corrected chi connectivity index (χ2v) is 3.25. The minimum Gasteiger partial charge on any atom is -0.478 e. The first-order chi connectivity index (χ1) is 8.20. The molecule has 0 unspecified atom stereocenters. The molecule has 0 atom stereocenters. The van der Waals surface area contributed by atoms with Crippen molar-refractivity contribution in [1.29, 1.82) is 0 Å². The Balaban J connectivity index is 2.48. The molecule has 0 amide bonds. The largest absolute Gasteiger partial charge is 0.478 e. The number of hydrogen-bond acceptors (Lipinski definition) is 4. The third-order valence-corrected chi connectivity index (χ3v) is 2.15. The number of ketones is 1. The highest BCUT2D eigenvalue weighted by Gasteiger charge is 2.19. The van der Waals surface area contributed by atoms with Crippen LogP contribution in [0.1, 0.15) is 26.5 Å². The van der Waals surface area contributed by atoms with E-state index in [0.29, 0.717) is 0 Å². The summed E-state index contributed by atoms with van der Waals surface area (Å²) in [6.07, 6.45) is 2.85.